The van der Waals surface area contributed by atoms with Gasteiger partial charge in [0.25, 0.3) is 0 Å². The molecule has 1 aliphatic rings. The molecule has 0 saturated carbocycles. The highest BCUT2D eigenvalue weighted by Gasteiger charge is 2.52. The third-order valence-electron chi connectivity index (χ3n) is 6.09. The highest BCUT2D eigenvalue weighted by atomic mass is 35.5. The van der Waals surface area contributed by atoms with Crippen molar-refractivity contribution in [1.82, 2.24) is 9.97 Å². The van der Waals surface area contributed by atoms with E-state index in [4.69, 9.17) is 51.0 Å². The molecule has 37 heavy (non-hydrogen) atoms. The molecule has 13 heteroatoms. The summed E-state index contributed by atoms with van der Waals surface area (Å²) >= 11 is 12.9. The highest BCUT2D eigenvalue weighted by molar-refractivity contribution is 7.53. The summed E-state index contributed by atoms with van der Waals surface area (Å²) in [6, 6.07) is 3.05. The van der Waals surface area contributed by atoms with Crippen LogP contribution in [0, 0.1) is 0 Å². The fourth-order valence-corrected chi connectivity index (χ4v) is 5.38. The molecule has 3 rings (SSSR count). The second-order valence-corrected chi connectivity index (χ2v) is 12.6. The molecule has 0 amide bonds. The molecule has 0 unspecified atom stereocenters. The summed E-state index contributed by atoms with van der Waals surface area (Å²) in [6.45, 7) is 15.9. The van der Waals surface area contributed by atoms with Crippen LogP contribution < -0.4 is 14.9 Å². The van der Waals surface area contributed by atoms with Crippen LogP contribution >= 0.6 is 30.8 Å². The lowest BCUT2D eigenvalue weighted by atomic mass is 9.77. The summed E-state index contributed by atoms with van der Waals surface area (Å²) in [5, 5.41) is 0.324. The van der Waals surface area contributed by atoms with E-state index in [0.717, 1.165) is 11.2 Å². The van der Waals surface area contributed by atoms with E-state index < -0.39 is 25.9 Å². The number of nitrogens with zero attached hydrogens (tertiary/aromatic N) is 2. The molecule has 0 radical (unpaired) electrons. The molecular formula is C24H34BCl2N2O7P. The van der Waals surface area contributed by atoms with Gasteiger partial charge in [-0.3, -0.25) is 4.57 Å². The third-order valence-corrected chi connectivity index (χ3v) is 8.40. The summed E-state index contributed by atoms with van der Waals surface area (Å²) in [5.41, 5.74) is 0.462. The first kappa shape index (κ1) is 30.2. The van der Waals surface area contributed by atoms with Crippen molar-refractivity contribution < 1.29 is 32.4 Å². The molecule has 2 heterocycles. The number of halogens is 2. The Morgan fingerprint density at radius 1 is 1.03 bits per heavy atom. The monoisotopic (exact) mass is 574 g/mol. The lowest BCUT2D eigenvalue weighted by molar-refractivity contribution is 0.00578. The van der Waals surface area contributed by atoms with Crippen LogP contribution in [0.25, 0.3) is 0 Å². The average molecular weight is 575 g/mol. The summed E-state index contributed by atoms with van der Waals surface area (Å²) in [6.07, 6.45) is 1.35. The molecular weight excluding hydrogens is 541 g/mol. The predicted octanol–water partition coefficient (Wildman–Crippen LogP) is 6.60. The van der Waals surface area contributed by atoms with E-state index in [2.05, 4.69) is 9.97 Å². The second kappa shape index (κ2) is 11.8. The maximum atomic E-state index is 12.7. The van der Waals surface area contributed by atoms with Gasteiger partial charge in [0.2, 0.25) is 0 Å². The standard InChI is InChI=1S/C24H34BCl2N2O7P/c1-9-32-37(30,33-10-2)14-31-16-11-18(26)21(19(27)12-16)34-22-28-13-17(20(29-22)15(3)4)25-35-23(5,6)24(7,8)36-25/h11-13,15H,9-10,14H2,1-8H3. The van der Waals surface area contributed by atoms with E-state index in [1.54, 1.807) is 20.0 Å². The third kappa shape index (κ3) is 6.98. The van der Waals surface area contributed by atoms with Gasteiger partial charge < -0.3 is 27.8 Å². The topological polar surface area (TPSA) is 98.2 Å². The molecule has 0 bridgehead atoms. The number of hydrogen-bond donors (Lipinski definition) is 0. The van der Waals surface area contributed by atoms with Crippen molar-refractivity contribution in [3.8, 4) is 17.5 Å². The minimum atomic E-state index is -3.41. The van der Waals surface area contributed by atoms with Gasteiger partial charge in [-0.15, -0.1) is 0 Å². The Bertz CT molecular complexity index is 1120. The van der Waals surface area contributed by atoms with Crippen molar-refractivity contribution >= 4 is 43.4 Å². The van der Waals surface area contributed by atoms with Gasteiger partial charge in [-0.2, -0.15) is 4.98 Å². The van der Waals surface area contributed by atoms with Crippen LogP contribution in [0.5, 0.6) is 17.5 Å². The Labute approximate surface area is 229 Å². The van der Waals surface area contributed by atoms with Crippen molar-refractivity contribution in [3.05, 3.63) is 34.1 Å². The quantitative estimate of drug-likeness (QED) is 0.217. The van der Waals surface area contributed by atoms with Crippen molar-refractivity contribution in [1.29, 1.82) is 0 Å². The molecule has 1 aromatic heterocycles. The van der Waals surface area contributed by atoms with Crippen molar-refractivity contribution in [3.63, 3.8) is 0 Å². The van der Waals surface area contributed by atoms with Gasteiger partial charge in [-0.25, -0.2) is 4.98 Å². The van der Waals surface area contributed by atoms with Gasteiger partial charge in [-0.05, 0) is 47.5 Å². The van der Waals surface area contributed by atoms with E-state index in [1.165, 1.54) is 12.1 Å². The number of benzene rings is 1. The van der Waals surface area contributed by atoms with Crippen molar-refractivity contribution in [2.24, 2.45) is 0 Å². The smallest absolute Gasteiger partial charge is 0.481 e. The molecule has 204 valence electrons. The van der Waals surface area contributed by atoms with Gasteiger partial charge in [0.1, 0.15) is 5.75 Å². The zero-order valence-corrected chi connectivity index (χ0v) is 24.9. The Hall–Kier alpha value is -1.39. The van der Waals surface area contributed by atoms with Crippen molar-refractivity contribution in [2.75, 3.05) is 19.6 Å². The minimum absolute atomic E-state index is 0.0347. The van der Waals surface area contributed by atoms with Crippen LogP contribution in [0.15, 0.2) is 18.3 Å². The van der Waals surface area contributed by atoms with E-state index in [9.17, 15) is 4.57 Å². The Morgan fingerprint density at radius 2 is 1.57 bits per heavy atom. The molecule has 2 aromatic rings. The number of rotatable bonds is 11. The average Bonchev–Trinajstić information content (AvgIpc) is 3.01. The van der Waals surface area contributed by atoms with Crippen LogP contribution in [0.1, 0.15) is 67.0 Å². The van der Waals surface area contributed by atoms with Crippen LogP contribution in [-0.2, 0) is 22.9 Å². The Balaban J connectivity index is 1.82. The summed E-state index contributed by atoms with van der Waals surface area (Å²) < 4.78 is 47.0. The highest BCUT2D eigenvalue weighted by Crippen LogP contribution is 2.48. The van der Waals surface area contributed by atoms with E-state index in [1.807, 2.05) is 41.5 Å². The maximum absolute atomic E-state index is 12.7. The number of hydrogen-bond acceptors (Lipinski definition) is 9. The molecule has 0 aliphatic carbocycles. The molecule has 1 saturated heterocycles. The molecule has 1 aliphatic heterocycles. The van der Waals surface area contributed by atoms with E-state index in [0.29, 0.717) is 0 Å². The Kier molecular flexibility index (Phi) is 9.60. The first-order valence-corrected chi connectivity index (χ1v) is 14.6. The molecule has 1 fully saturated rings. The largest absolute Gasteiger partial charge is 0.498 e. The summed E-state index contributed by atoms with van der Waals surface area (Å²) in [5.74, 6) is 0.473. The van der Waals surface area contributed by atoms with Gasteiger partial charge in [0.05, 0.1) is 34.5 Å². The van der Waals surface area contributed by atoms with Gasteiger partial charge >= 0.3 is 20.7 Å². The fraction of sp³-hybridized carbons (Fsp3) is 0.583. The van der Waals surface area contributed by atoms with Crippen LogP contribution in [-0.4, -0.2) is 47.9 Å². The Morgan fingerprint density at radius 3 is 2.05 bits per heavy atom. The molecule has 0 spiro atoms. The molecule has 0 atom stereocenters. The number of aromatic nitrogens is 2. The molecule has 9 nitrogen and oxygen atoms in total. The zero-order valence-electron chi connectivity index (χ0n) is 22.5. The summed E-state index contributed by atoms with van der Waals surface area (Å²) in [4.78, 5) is 8.97. The van der Waals surface area contributed by atoms with E-state index in [-0.39, 0.29) is 53.0 Å². The lowest BCUT2D eigenvalue weighted by Crippen LogP contribution is -2.41. The van der Waals surface area contributed by atoms with Crippen molar-refractivity contribution in [2.45, 2.75) is 72.5 Å². The normalized spacial score (nSPS) is 16.9. The minimum Gasteiger partial charge on any atom is -0.481 e. The first-order valence-electron chi connectivity index (χ1n) is 12.1. The summed E-state index contributed by atoms with van der Waals surface area (Å²) in [7, 11) is -4.01. The fourth-order valence-electron chi connectivity index (χ4n) is 3.52. The molecule has 1 aromatic carbocycles. The van der Waals surface area contributed by atoms with Gasteiger partial charge in [-0.1, -0.05) is 37.0 Å². The predicted molar refractivity (Wildman–Crippen MR) is 145 cm³/mol. The zero-order chi connectivity index (χ0) is 27.6. The van der Waals surface area contributed by atoms with Crippen LogP contribution in [0.2, 0.25) is 10.0 Å². The second-order valence-electron chi connectivity index (χ2n) is 9.77. The van der Waals surface area contributed by atoms with E-state index >= 15 is 0 Å². The SMILES string of the molecule is CCOP(=O)(COc1cc(Cl)c(Oc2ncc(B3OC(C)(C)C(C)(C)O3)c(C(C)C)n2)c(Cl)c1)OCC. The molecule has 0 N–H and O–H groups in total. The maximum Gasteiger partial charge on any atom is 0.498 e. The van der Waals surface area contributed by atoms with Gasteiger partial charge in [0.15, 0.2) is 12.1 Å². The first-order chi connectivity index (χ1) is 17.2. The van der Waals surface area contributed by atoms with Gasteiger partial charge in [0, 0.05) is 29.5 Å². The number of ether oxygens (including phenoxy) is 2. The lowest BCUT2D eigenvalue weighted by Gasteiger charge is -2.32. The van der Waals surface area contributed by atoms with Crippen LogP contribution in [0.4, 0.5) is 0 Å². The van der Waals surface area contributed by atoms with Crippen LogP contribution in [0.3, 0.4) is 0 Å².